The first kappa shape index (κ1) is 21.3. The zero-order valence-corrected chi connectivity index (χ0v) is 18.6. The number of allylic oxidation sites excluding steroid dienone is 1. The molecule has 1 atom stereocenters. The van der Waals surface area contributed by atoms with Crippen LogP contribution in [0.5, 0.6) is 0 Å². The number of pyridine rings is 1. The summed E-state index contributed by atoms with van der Waals surface area (Å²) in [5.74, 6) is 0.0497. The Kier molecular flexibility index (Phi) is 6.82. The first-order valence-electron chi connectivity index (χ1n) is 11.5. The second kappa shape index (κ2) is 9.92. The summed E-state index contributed by atoms with van der Waals surface area (Å²) in [6, 6.07) is 12.6. The van der Waals surface area contributed by atoms with Crippen LogP contribution < -0.4 is 10.3 Å². The van der Waals surface area contributed by atoms with Crippen molar-refractivity contribution in [3.8, 4) is 0 Å². The van der Waals surface area contributed by atoms with E-state index in [0.717, 1.165) is 38.9 Å². The third-order valence-electron chi connectivity index (χ3n) is 6.30. The number of amides is 1. The summed E-state index contributed by atoms with van der Waals surface area (Å²) in [7, 11) is 0. The smallest absolute Gasteiger partial charge is 0.230 e. The maximum Gasteiger partial charge on any atom is 0.230 e. The van der Waals surface area contributed by atoms with Crippen LogP contribution in [0.4, 0.5) is 0 Å². The van der Waals surface area contributed by atoms with Crippen LogP contribution in [0.15, 0.2) is 54.9 Å². The number of nitrogens with zero attached hydrogens (tertiary/aromatic N) is 1. The van der Waals surface area contributed by atoms with Gasteiger partial charge in [0.2, 0.25) is 5.91 Å². The number of aryl methyl sites for hydroxylation is 1. The molecule has 3 aromatic rings. The lowest BCUT2D eigenvalue weighted by Crippen LogP contribution is -2.40. The van der Waals surface area contributed by atoms with Crippen molar-refractivity contribution in [3.63, 3.8) is 0 Å². The Labute approximate surface area is 184 Å². The molecule has 0 fully saturated rings. The summed E-state index contributed by atoms with van der Waals surface area (Å²) < 4.78 is 0. The molecule has 0 radical (unpaired) electrons. The predicted octanol–water partition coefficient (Wildman–Crippen LogP) is 3.63. The van der Waals surface area contributed by atoms with Gasteiger partial charge in [-0.3, -0.25) is 4.79 Å². The number of nitrogens with one attached hydrogen (secondary N) is 3. The third kappa shape index (κ3) is 4.72. The highest BCUT2D eigenvalue weighted by molar-refractivity contribution is 5.97. The molecule has 0 saturated heterocycles. The zero-order valence-electron chi connectivity index (χ0n) is 18.6. The SMILES string of the molecule is CCN(CC)C(=O)[C@H](/C=C1\CCc2c[nH]c3cccc1c23)CNCCc1cccc[nH+]1. The highest BCUT2D eigenvalue weighted by Gasteiger charge is 2.24. The minimum Gasteiger partial charge on any atom is -0.361 e. The van der Waals surface area contributed by atoms with Crippen LogP contribution in [-0.4, -0.2) is 42.0 Å². The number of hydrogen-bond donors (Lipinski definition) is 2. The molecule has 5 heteroatoms. The van der Waals surface area contributed by atoms with Crippen molar-refractivity contribution in [2.75, 3.05) is 26.2 Å². The molecule has 0 aliphatic heterocycles. The van der Waals surface area contributed by atoms with Gasteiger partial charge in [-0.2, -0.15) is 0 Å². The Balaban J connectivity index is 1.54. The number of aromatic nitrogens is 2. The van der Waals surface area contributed by atoms with E-state index in [1.165, 1.54) is 33.3 Å². The highest BCUT2D eigenvalue weighted by Crippen LogP contribution is 2.36. The van der Waals surface area contributed by atoms with Gasteiger partial charge in [0.1, 0.15) is 0 Å². The van der Waals surface area contributed by atoms with Crippen LogP contribution in [0.3, 0.4) is 0 Å². The summed E-state index contributed by atoms with van der Waals surface area (Å²) in [5, 5.41) is 4.85. The lowest BCUT2D eigenvalue weighted by molar-refractivity contribution is -0.390. The van der Waals surface area contributed by atoms with Gasteiger partial charge >= 0.3 is 0 Å². The van der Waals surface area contributed by atoms with Crippen LogP contribution in [0.25, 0.3) is 16.5 Å². The van der Waals surface area contributed by atoms with Gasteiger partial charge in [-0.1, -0.05) is 24.3 Å². The molecule has 2 aromatic heterocycles. The number of hydrogen-bond acceptors (Lipinski definition) is 2. The van der Waals surface area contributed by atoms with E-state index in [0.29, 0.717) is 6.54 Å². The van der Waals surface area contributed by atoms with Gasteiger partial charge < -0.3 is 15.2 Å². The lowest BCUT2D eigenvalue weighted by Gasteiger charge is -2.25. The molecule has 1 aliphatic carbocycles. The number of rotatable bonds is 9. The molecule has 0 bridgehead atoms. The van der Waals surface area contributed by atoms with Crippen LogP contribution >= 0.6 is 0 Å². The summed E-state index contributed by atoms with van der Waals surface area (Å²) >= 11 is 0. The maximum atomic E-state index is 13.3. The van der Waals surface area contributed by atoms with Crippen LogP contribution in [0.2, 0.25) is 0 Å². The van der Waals surface area contributed by atoms with E-state index in [9.17, 15) is 4.79 Å². The van der Waals surface area contributed by atoms with Gasteiger partial charge in [0.25, 0.3) is 0 Å². The lowest BCUT2D eigenvalue weighted by atomic mass is 9.86. The molecule has 3 N–H and O–H groups in total. The van der Waals surface area contributed by atoms with Crippen molar-refractivity contribution in [1.29, 1.82) is 0 Å². The van der Waals surface area contributed by atoms with E-state index in [4.69, 9.17) is 0 Å². The first-order chi connectivity index (χ1) is 15.2. The van der Waals surface area contributed by atoms with Gasteiger partial charge in [0, 0.05) is 61.8 Å². The Morgan fingerprint density at radius 1 is 1.19 bits per heavy atom. The van der Waals surface area contributed by atoms with Crippen molar-refractivity contribution in [2.24, 2.45) is 5.92 Å². The Morgan fingerprint density at radius 2 is 2.06 bits per heavy atom. The Morgan fingerprint density at radius 3 is 2.84 bits per heavy atom. The van der Waals surface area contributed by atoms with E-state index >= 15 is 0 Å². The quantitative estimate of drug-likeness (QED) is 0.522. The molecule has 1 aromatic carbocycles. The van der Waals surface area contributed by atoms with E-state index in [1.807, 2.05) is 23.2 Å². The van der Waals surface area contributed by atoms with Crippen molar-refractivity contribution >= 4 is 22.4 Å². The van der Waals surface area contributed by atoms with E-state index in [2.05, 4.69) is 65.7 Å². The fraction of sp³-hybridized carbons (Fsp3) is 0.385. The van der Waals surface area contributed by atoms with Crippen LogP contribution in [-0.2, 0) is 17.6 Å². The molecule has 0 unspecified atom stereocenters. The second-order valence-corrected chi connectivity index (χ2v) is 8.19. The zero-order chi connectivity index (χ0) is 21.6. The average molecular weight is 418 g/mol. The summed E-state index contributed by atoms with van der Waals surface area (Å²) in [4.78, 5) is 21.9. The van der Waals surface area contributed by atoms with Gasteiger partial charge in [0.15, 0.2) is 11.9 Å². The van der Waals surface area contributed by atoms with Gasteiger partial charge in [0.05, 0.1) is 5.92 Å². The molecule has 4 rings (SSSR count). The van der Waals surface area contributed by atoms with Crippen molar-refractivity contribution in [3.05, 3.63) is 71.7 Å². The molecule has 2 heterocycles. The largest absolute Gasteiger partial charge is 0.361 e. The summed E-state index contributed by atoms with van der Waals surface area (Å²) in [5.41, 5.74) is 6.32. The molecule has 1 aliphatic rings. The molecular weight excluding hydrogens is 384 g/mol. The normalized spacial score (nSPS) is 15.4. The number of benzene rings is 1. The number of H-pyrrole nitrogens is 2. The maximum absolute atomic E-state index is 13.3. The van der Waals surface area contributed by atoms with Crippen molar-refractivity contribution in [2.45, 2.75) is 33.1 Å². The Hall–Kier alpha value is -2.92. The minimum atomic E-state index is -0.162. The van der Waals surface area contributed by atoms with Crippen molar-refractivity contribution < 1.29 is 9.78 Å². The monoisotopic (exact) mass is 417 g/mol. The average Bonchev–Trinajstić information content (AvgIpc) is 3.23. The highest BCUT2D eigenvalue weighted by atomic mass is 16.2. The summed E-state index contributed by atoms with van der Waals surface area (Å²) in [6.07, 6.45) is 9.22. The first-order valence-corrected chi connectivity index (χ1v) is 11.5. The number of carbonyl (C=O) groups is 1. The Bertz CT molecular complexity index is 1050. The molecule has 31 heavy (non-hydrogen) atoms. The van der Waals surface area contributed by atoms with E-state index in [1.54, 1.807) is 0 Å². The minimum absolute atomic E-state index is 0.162. The topological polar surface area (TPSA) is 62.3 Å². The van der Waals surface area contributed by atoms with Gasteiger partial charge in [-0.15, -0.1) is 0 Å². The second-order valence-electron chi connectivity index (χ2n) is 8.19. The number of carbonyl (C=O) groups excluding carboxylic acids is 1. The van der Waals surface area contributed by atoms with Gasteiger partial charge in [-0.25, -0.2) is 4.98 Å². The molecule has 5 nitrogen and oxygen atoms in total. The van der Waals surface area contributed by atoms with Crippen LogP contribution in [0, 0.1) is 5.92 Å². The molecule has 1 amide bonds. The van der Waals surface area contributed by atoms with Gasteiger partial charge in [-0.05, 0) is 49.5 Å². The summed E-state index contributed by atoms with van der Waals surface area (Å²) in [6.45, 7) is 7.08. The van der Waals surface area contributed by atoms with E-state index in [-0.39, 0.29) is 11.8 Å². The predicted molar refractivity (Wildman–Crippen MR) is 126 cm³/mol. The van der Waals surface area contributed by atoms with E-state index < -0.39 is 0 Å². The fourth-order valence-electron chi connectivity index (χ4n) is 4.59. The molecular formula is C26H33N4O+. The standard InChI is InChI=1S/C26H32N4O/c1-3-30(4-2)26(31)21(17-27-15-13-22-8-5-6-14-28-22)16-19-11-12-20-18-29-24-10-7-9-23(19)25(20)24/h5-10,14,16,18,21,27,29H,3-4,11-13,15,17H2,1-2H3/p+1/b19-16+/t21-/m1/s1. The number of aromatic amines is 2. The third-order valence-corrected chi connectivity index (χ3v) is 6.30. The molecule has 162 valence electrons. The fourth-order valence-corrected chi connectivity index (χ4v) is 4.59. The molecule has 0 spiro atoms. The van der Waals surface area contributed by atoms with Crippen molar-refractivity contribution in [1.82, 2.24) is 15.2 Å². The molecule has 0 saturated carbocycles. The van der Waals surface area contributed by atoms with Crippen LogP contribution in [0.1, 0.15) is 37.1 Å².